The summed E-state index contributed by atoms with van der Waals surface area (Å²) in [6.45, 7) is 1.19. The van der Waals surface area contributed by atoms with Crippen molar-refractivity contribution in [3.05, 3.63) is 39.5 Å². The molecule has 0 aromatic carbocycles. The summed E-state index contributed by atoms with van der Waals surface area (Å²) in [4.78, 5) is 0. The first-order valence-corrected chi connectivity index (χ1v) is 6.51. The summed E-state index contributed by atoms with van der Waals surface area (Å²) in [7, 11) is 1.64. The molecule has 18 heavy (non-hydrogen) atoms. The Balaban J connectivity index is 2.28. The SMILES string of the molecule is COCCn1ncc(Br)c1C(N)c1ccc(Cl)o1. The number of nitrogens with zero attached hydrogens (tertiary/aromatic N) is 2. The minimum atomic E-state index is -0.425. The predicted octanol–water partition coefficient (Wildman–Crippen LogP) is 2.59. The molecule has 0 saturated heterocycles. The van der Waals surface area contributed by atoms with Crippen LogP contribution in [0.15, 0.2) is 27.2 Å². The van der Waals surface area contributed by atoms with Gasteiger partial charge in [-0.25, -0.2) is 0 Å². The largest absolute Gasteiger partial charge is 0.448 e. The molecule has 0 spiro atoms. The van der Waals surface area contributed by atoms with Gasteiger partial charge < -0.3 is 14.9 Å². The minimum absolute atomic E-state index is 0.319. The number of furan rings is 1. The van der Waals surface area contributed by atoms with Crippen LogP contribution in [0.2, 0.25) is 5.22 Å². The van der Waals surface area contributed by atoms with E-state index in [0.29, 0.717) is 24.1 Å². The highest BCUT2D eigenvalue weighted by Gasteiger charge is 2.21. The summed E-state index contributed by atoms with van der Waals surface area (Å²) < 4.78 is 13.0. The molecule has 98 valence electrons. The maximum atomic E-state index is 6.16. The lowest BCUT2D eigenvalue weighted by atomic mass is 10.1. The van der Waals surface area contributed by atoms with E-state index in [9.17, 15) is 0 Å². The number of aromatic nitrogens is 2. The van der Waals surface area contributed by atoms with Gasteiger partial charge in [0.2, 0.25) is 0 Å². The second-order valence-corrected chi connectivity index (χ2v) is 4.94. The van der Waals surface area contributed by atoms with Crippen molar-refractivity contribution < 1.29 is 9.15 Å². The van der Waals surface area contributed by atoms with E-state index in [1.54, 1.807) is 30.1 Å². The lowest BCUT2D eigenvalue weighted by molar-refractivity contribution is 0.182. The Bertz CT molecular complexity index is 526. The fraction of sp³-hybridized carbons (Fsp3) is 0.364. The highest BCUT2D eigenvalue weighted by molar-refractivity contribution is 9.10. The van der Waals surface area contributed by atoms with Gasteiger partial charge in [-0.2, -0.15) is 5.10 Å². The van der Waals surface area contributed by atoms with E-state index >= 15 is 0 Å². The molecule has 0 radical (unpaired) electrons. The second kappa shape index (κ2) is 5.88. The Kier molecular flexibility index (Phi) is 4.45. The molecule has 1 unspecified atom stereocenters. The zero-order valence-corrected chi connectivity index (χ0v) is 12.1. The number of hydrogen-bond donors (Lipinski definition) is 1. The highest BCUT2D eigenvalue weighted by Crippen LogP contribution is 2.28. The number of halogens is 2. The molecule has 2 heterocycles. The van der Waals surface area contributed by atoms with Crippen LogP contribution in [-0.2, 0) is 11.3 Å². The summed E-state index contributed by atoms with van der Waals surface area (Å²) in [5.41, 5.74) is 6.99. The average Bonchev–Trinajstić information content (AvgIpc) is 2.92. The van der Waals surface area contributed by atoms with Crippen molar-refractivity contribution in [2.24, 2.45) is 5.73 Å². The smallest absolute Gasteiger partial charge is 0.193 e. The van der Waals surface area contributed by atoms with Gasteiger partial charge in [0, 0.05) is 7.11 Å². The number of ether oxygens (including phenoxy) is 1. The van der Waals surface area contributed by atoms with E-state index in [4.69, 9.17) is 26.5 Å². The van der Waals surface area contributed by atoms with Crippen molar-refractivity contribution in [3.63, 3.8) is 0 Å². The number of rotatable bonds is 5. The van der Waals surface area contributed by atoms with Crippen molar-refractivity contribution in [2.45, 2.75) is 12.6 Å². The van der Waals surface area contributed by atoms with Gasteiger partial charge in [-0.15, -0.1) is 0 Å². The topological polar surface area (TPSA) is 66.2 Å². The maximum absolute atomic E-state index is 6.16. The van der Waals surface area contributed by atoms with Crippen LogP contribution >= 0.6 is 27.5 Å². The molecule has 5 nitrogen and oxygen atoms in total. The van der Waals surface area contributed by atoms with Crippen LogP contribution in [0.4, 0.5) is 0 Å². The molecule has 2 rings (SSSR count). The summed E-state index contributed by atoms with van der Waals surface area (Å²) >= 11 is 9.19. The molecule has 2 N–H and O–H groups in total. The third kappa shape index (κ3) is 2.77. The van der Waals surface area contributed by atoms with Gasteiger partial charge in [-0.3, -0.25) is 4.68 Å². The zero-order valence-electron chi connectivity index (χ0n) is 9.77. The molecule has 2 aromatic heterocycles. The van der Waals surface area contributed by atoms with Crippen molar-refractivity contribution in [2.75, 3.05) is 13.7 Å². The van der Waals surface area contributed by atoms with E-state index in [2.05, 4.69) is 21.0 Å². The Labute approximate surface area is 118 Å². The van der Waals surface area contributed by atoms with Gasteiger partial charge in [-0.05, 0) is 39.7 Å². The normalized spacial score (nSPS) is 12.9. The Morgan fingerprint density at radius 2 is 2.39 bits per heavy atom. The Morgan fingerprint density at radius 1 is 1.61 bits per heavy atom. The van der Waals surface area contributed by atoms with E-state index < -0.39 is 6.04 Å². The summed E-state index contributed by atoms with van der Waals surface area (Å²) in [6.07, 6.45) is 1.70. The van der Waals surface area contributed by atoms with Crippen molar-refractivity contribution >= 4 is 27.5 Å². The van der Waals surface area contributed by atoms with Crippen molar-refractivity contribution in [1.29, 1.82) is 0 Å². The number of hydrogen-bond acceptors (Lipinski definition) is 4. The molecule has 0 bridgehead atoms. The average molecular weight is 335 g/mol. The number of nitrogens with two attached hydrogens (primary N) is 1. The van der Waals surface area contributed by atoms with E-state index in [-0.39, 0.29) is 0 Å². The van der Waals surface area contributed by atoms with Crippen molar-refractivity contribution in [3.8, 4) is 0 Å². The van der Waals surface area contributed by atoms with Crippen LogP contribution in [0, 0.1) is 0 Å². The third-order valence-corrected chi connectivity index (χ3v) is 3.35. The predicted molar refractivity (Wildman–Crippen MR) is 71.6 cm³/mol. The first kappa shape index (κ1) is 13.6. The lowest BCUT2D eigenvalue weighted by Gasteiger charge is -2.12. The fourth-order valence-electron chi connectivity index (χ4n) is 1.67. The molecular weight excluding hydrogens is 321 g/mol. The van der Waals surface area contributed by atoms with Crippen LogP contribution in [0.3, 0.4) is 0 Å². The Morgan fingerprint density at radius 3 is 3.00 bits per heavy atom. The molecule has 7 heteroatoms. The minimum Gasteiger partial charge on any atom is -0.448 e. The maximum Gasteiger partial charge on any atom is 0.193 e. The second-order valence-electron chi connectivity index (χ2n) is 3.71. The van der Waals surface area contributed by atoms with Gasteiger partial charge in [-0.1, -0.05) is 0 Å². The standard InChI is InChI=1S/C11H13BrClN3O2/c1-17-5-4-16-11(7(12)6-15-16)10(14)8-2-3-9(13)18-8/h2-3,6,10H,4-5,14H2,1H3. The summed E-state index contributed by atoms with van der Waals surface area (Å²) in [5, 5.41) is 4.56. The molecule has 0 fully saturated rings. The molecule has 0 amide bonds. The molecule has 0 aliphatic rings. The van der Waals surface area contributed by atoms with Crippen LogP contribution in [0.5, 0.6) is 0 Å². The monoisotopic (exact) mass is 333 g/mol. The van der Waals surface area contributed by atoms with E-state index in [1.807, 2.05) is 0 Å². The molecule has 0 aliphatic heterocycles. The molecule has 0 aliphatic carbocycles. The zero-order chi connectivity index (χ0) is 13.1. The molecular formula is C11H13BrClN3O2. The van der Waals surface area contributed by atoms with E-state index in [0.717, 1.165) is 10.2 Å². The van der Waals surface area contributed by atoms with Crippen LogP contribution in [0.1, 0.15) is 17.5 Å². The summed E-state index contributed by atoms with van der Waals surface area (Å²) in [6, 6.07) is 3.00. The fourth-order valence-corrected chi connectivity index (χ4v) is 2.36. The van der Waals surface area contributed by atoms with Gasteiger partial charge in [0.15, 0.2) is 5.22 Å². The van der Waals surface area contributed by atoms with Gasteiger partial charge in [0.1, 0.15) is 11.8 Å². The molecule has 0 saturated carbocycles. The molecule has 2 aromatic rings. The third-order valence-electron chi connectivity index (χ3n) is 2.54. The Hall–Kier alpha value is -0.820. The first-order valence-electron chi connectivity index (χ1n) is 5.34. The first-order chi connectivity index (χ1) is 8.63. The van der Waals surface area contributed by atoms with Crippen LogP contribution in [0.25, 0.3) is 0 Å². The van der Waals surface area contributed by atoms with Crippen molar-refractivity contribution in [1.82, 2.24) is 9.78 Å². The quantitative estimate of drug-likeness (QED) is 0.912. The number of methoxy groups -OCH3 is 1. The molecule has 1 atom stereocenters. The van der Waals surface area contributed by atoms with Gasteiger partial charge in [0.05, 0.1) is 29.5 Å². The summed E-state index contributed by atoms with van der Waals surface area (Å²) in [5.74, 6) is 0.597. The van der Waals surface area contributed by atoms with Gasteiger partial charge >= 0.3 is 0 Å². The van der Waals surface area contributed by atoms with Crippen LogP contribution < -0.4 is 5.73 Å². The van der Waals surface area contributed by atoms with Gasteiger partial charge in [0.25, 0.3) is 0 Å². The van der Waals surface area contributed by atoms with E-state index in [1.165, 1.54) is 0 Å². The highest BCUT2D eigenvalue weighted by atomic mass is 79.9. The van der Waals surface area contributed by atoms with Crippen LogP contribution in [-0.4, -0.2) is 23.5 Å². The lowest BCUT2D eigenvalue weighted by Crippen LogP contribution is -2.19.